The molecule has 6 nitrogen and oxygen atoms in total. The molecule has 3 rings (SSSR count). The van der Waals surface area contributed by atoms with Crippen molar-refractivity contribution >= 4 is 34.8 Å². The summed E-state index contributed by atoms with van der Waals surface area (Å²) in [6.45, 7) is 1.86. The lowest BCUT2D eigenvalue weighted by atomic mass is 10.2. The van der Waals surface area contributed by atoms with Crippen molar-refractivity contribution < 1.29 is 4.79 Å². The van der Waals surface area contributed by atoms with Gasteiger partial charge in [-0.25, -0.2) is 9.97 Å². The van der Waals surface area contributed by atoms with Crippen LogP contribution < -0.4 is 10.6 Å². The molecule has 128 valence electrons. The number of nitriles is 1. The van der Waals surface area contributed by atoms with E-state index in [4.69, 9.17) is 16.9 Å². The number of benzene rings is 2. The Morgan fingerprint density at radius 2 is 1.92 bits per heavy atom. The molecule has 0 unspecified atom stereocenters. The number of nitrogens with one attached hydrogen (secondary N) is 2. The molecule has 1 heterocycles. The number of aryl methyl sites for hydroxylation is 1. The van der Waals surface area contributed by atoms with Gasteiger partial charge in [-0.15, -0.1) is 0 Å². The maximum atomic E-state index is 12.4. The average Bonchev–Trinajstić information content (AvgIpc) is 2.65. The maximum absolute atomic E-state index is 12.4. The molecule has 0 fully saturated rings. The van der Waals surface area contributed by atoms with E-state index in [1.54, 1.807) is 42.5 Å². The molecule has 0 saturated carbocycles. The first-order valence-corrected chi connectivity index (χ1v) is 8.11. The van der Waals surface area contributed by atoms with Crippen LogP contribution in [0.25, 0.3) is 0 Å². The summed E-state index contributed by atoms with van der Waals surface area (Å²) >= 11 is 5.93. The Balaban J connectivity index is 1.75. The summed E-state index contributed by atoms with van der Waals surface area (Å²) in [6, 6.07) is 15.7. The summed E-state index contributed by atoms with van der Waals surface area (Å²) in [5.41, 5.74) is 3.03. The minimum Gasteiger partial charge on any atom is -0.324 e. The molecule has 1 amide bonds. The number of hydrogen-bond donors (Lipinski definition) is 2. The molecule has 7 heteroatoms. The van der Waals surface area contributed by atoms with Gasteiger partial charge >= 0.3 is 0 Å². The predicted octanol–water partition coefficient (Wildman–Crippen LogP) is 4.31. The lowest BCUT2D eigenvalue weighted by molar-refractivity contribution is 0.102. The third-order valence-electron chi connectivity index (χ3n) is 3.60. The third-order valence-corrected chi connectivity index (χ3v) is 3.83. The quantitative estimate of drug-likeness (QED) is 0.720. The molecular formula is C19H14ClN5O. The van der Waals surface area contributed by atoms with Crippen LogP contribution in [0.15, 0.2) is 54.7 Å². The largest absolute Gasteiger partial charge is 0.324 e. The van der Waals surface area contributed by atoms with Crippen LogP contribution in [0.4, 0.5) is 17.3 Å². The summed E-state index contributed by atoms with van der Waals surface area (Å²) < 4.78 is 0. The van der Waals surface area contributed by atoms with E-state index in [0.29, 0.717) is 16.3 Å². The number of rotatable bonds is 4. The third kappa shape index (κ3) is 4.15. The van der Waals surface area contributed by atoms with E-state index in [-0.39, 0.29) is 17.5 Å². The smallest absolute Gasteiger partial charge is 0.274 e. The van der Waals surface area contributed by atoms with Crippen molar-refractivity contribution in [2.75, 3.05) is 10.6 Å². The van der Waals surface area contributed by atoms with Crippen LogP contribution in [0.3, 0.4) is 0 Å². The van der Waals surface area contributed by atoms with Crippen molar-refractivity contribution in [1.29, 1.82) is 5.26 Å². The Bertz CT molecular complexity index is 996. The second-order valence-corrected chi connectivity index (χ2v) is 5.93. The standard InChI is InChI=1S/C19H14ClN5O/c1-12-10-14(20)4-7-16(12)24-18(26)17-8-9-22-19(25-17)23-15-5-2-13(11-21)3-6-15/h2-10H,1H3,(H,24,26)(H,22,23,25). The van der Waals surface area contributed by atoms with E-state index in [1.165, 1.54) is 12.3 Å². The van der Waals surface area contributed by atoms with Gasteiger partial charge in [-0.2, -0.15) is 5.26 Å². The lowest BCUT2D eigenvalue weighted by Crippen LogP contribution is -2.15. The van der Waals surface area contributed by atoms with Crippen LogP contribution in [0, 0.1) is 18.3 Å². The van der Waals surface area contributed by atoms with E-state index in [0.717, 1.165) is 11.3 Å². The van der Waals surface area contributed by atoms with Gasteiger partial charge in [0, 0.05) is 22.6 Å². The monoisotopic (exact) mass is 363 g/mol. The summed E-state index contributed by atoms with van der Waals surface area (Å²) in [5, 5.41) is 15.2. The Labute approximate surface area is 155 Å². The van der Waals surface area contributed by atoms with E-state index in [2.05, 4.69) is 26.7 Å². The highest BCUT2D eigenvalue weighted by Gasteiger charge is 2.11. The molecule has 0 aliphatic carbocycles. The van der Waals surface area contributed by atoms with Crippen molar-refractivity contribution in [2.24, 2.45) is 0 Å². The van der Waals surface area contributed by atoms with E-state index in [9.17, 15) is 4.79 Å². The molecule has 0 radical (unpaired) electrons. The number of halogens is 1. The second kappa shape index (κ2) is 7.64. The Kier molecular flexibility index (Phi) is 5.11. The Morgan fingerprint density at radius 1 is 1.15 bits per heavy atom. The average molecular weight is 364 g/mol. The van der Waals surface area contributed by atoms with Crippen LogP contribution in [-0.2, 0) is 0 Å². The van der Waals surface area contributed by atoms with E-state index >= 15 is 0 Å². The lowest BCUT2D eigenvalue weighted by Gasteiger charge is -2.09. The van der Waals surface area contributed by atoms with Gasteiger partial charge < -0.3 is 10.6 Å². The van der Waals surface area contributed by atoms with Crippen LogP contribution >= 0.6 is 11.6 Å². The zero-order chi connectivity index (χ0) is 18.5. The van der Waals surface area contributed by atoms with Crippen LogP contribution in [0.2, 0.25) is 5.02 Å². The second-order valence-electron chi connectivity index (χ2n) is 5.49. The molecule has 0 aliphatic heterocycles. The van der Waals surface area contributed by atoms with Crippen molar-refractivity contribution in [2.45, 2.75) is 6.92 Å². The SMILES string of the molecule is Cc1cc(Cl)ccc1NC(=O)c1ccnc(Nc2ccc(C#N)cc2)n1. The van der Waals surface area contributed by atoms with Crippen molar-refractivity contribution in [3.05, 3.63) is 76.6 Å². The first-order chi connectivity index (χ1) is 12.5. The van der Waals surface area contributed by atoms with Crippen molar-refractivity contribution in [3.8, 4) is 6.07 Å². The normalized spacial score (nSPS) is 10.0. The van der Waals surface area contributed by atoms with Crippen molar-refractivity contribution in [1.82, 2.24) is 9.97 Å². The maximum Gasteiger partial charge on any atom is 0.274 e. The molecule has 0 atom stereocenters. The fourth-order valence-corrected chi connectivity index (χ4v) is 2.48. The topological polar surface area (TPSA) is 90.7 Å². The number of anilines is 3. The molecule has 2 aromatic carbocycles. The molecule has 1 aromatic heterocycles. The van der Waals surface area contributed by atoms with Gasteiger partial charge in [0.2, 0.25) is 5.95 Å². The highest BCUT2D eigenvalue weighted by molar-refractivity contribution is 6.30. The van der Waals surface area contributed by atoms with E-state index in [1.807, 2.05) is 6.92 Å². The number of nitrogens with zero attached hydrogens (tertiary/aromatic N) is 3. The highest BCUT2D eigenvalue weighted by atomic mass is 35.5. The van der Waals surface area contributed by atoms with Crippen molar-refractivity contribution in [3.63, 3.8) is 0 Å². The van der Waals surface area contributed by atoms with Gasteiger partial charge in [-0.1, -0.05) is 11.6 Å². The summed E-state index contributed by atoms with van der Waals surface area (Å²) in [4.78, 5) is 20.8. The number of aromatic nitrogens is 2. The number of carbonyl (C=O) groups is 1. The number of amides is 1. The molecule has 2 N–H and O–H groups in total. The zero-order valence-electron chi connectivity index (χ0n) is 13.8. The predicted molar refractivity (Wildman–Crippen MR) is 101 cm³/mol. The molecule has 0 aliphatic rings. The number of hydrogen-bond acceptors (Lipinski definition) is 5. The molecule has 26 heavy (non-hydrogen) atoms. The molecule has 3 aromatic rings. The summed E-state index contributed by atoms with van der Waals surface area (Å²) in [6.07, 6.45) is 1.50. The van der Waals surface area contributed by atoms with Gasteiger partial charge in [0.1, 0.15) is 5.69 Å². The van der Waals surface area contributed by atoms with Crippen LogP contribution in [0.1, 0.15) is 21.6 Å². The van der Waals surface area contributed by atoms with Crippen LogP contribution in [0.5, 0.6) is 0 Å². The Morgan fingerprint density at radius 3 is 2.62 bits per heavy atom. The molecule has 0 saturated heterocycles. The Hall–Kier alpha value is -3.43. The van der Waals surface area contributed by atoms with Crippen LogP contribution in [-0.4, -0.2) is 15.9 Å². The minimum absolute atomic E-state index is 0.227. The molecule has 0 spiro atoms. The zero-order valence-corrected chi connectivity index (χ0v) is 14.6. The van der Waals surface area contributed by atoms with Gasteiger partial charge in [0.25, 0.3) is 5.91 Å². The van der Waals surface area contributed by atoms with Gasteiger partial charge in [-0.05, 0) is 61.0 Å². The minimum atomic E-state index is -0.347. The number of carbonyl (C=O) groups excluding carboxylic acids is 1. The van der Waals surface area contributed by atoms with E-state index < -0.39 is 0 Å². The highest BCUT2D eigenvalue weighted by Crippen LogP contribution is 2.20. The fraction of sp³-hybridized carbons (Fsp3) is 0.0526. The summed E-state index contributed by atoms with van der Waals surface area (Å²) in [7, 11) is 0. The first kappa shape index (κ1) is 17.4. The molecular weight excluding hydrogens is 350 g/mol. The van der Waals surface area contributed by atoms with Gasteiger partial charge in [0.15, 0.2) is 0 Å². The first-order valence-electron chi connectivity index (χ1n) is 7.73. The van der Waals surface area contributed by atoms with Gasteiger partial charge in [0.05, 0.1) is 11.6 Å². The van der Waals surface area contributed by atoms with Gasteiger partial charge in [-0.3, -0.25) is 4.79 Å². The fourth-order valence-electron chi connectivity index (χ4n) is 2.26. The summed E-state index contributed by atoms with van der Waals surface area (Å²) in [5.74, 6) is -0.0594. The molecule has 0 bridgehead atoms.